The minimum atomic E-state index is 0.0852. The summed E-state index contributed by atoms with van der Waals surface area (Å²) in [6.45, 7) is 2.15. The maximum absolute atomic E-state index is 9.38. The Hall–Kier alpha value is -1.96. The first kappa shape index (κ1) is 12.5. The van der Waals surface area contributed by atoms with Crippen LogP contribution in [0.2, 0.25) is 0 Å². The van der Waals surface area contributed by atoms with Crippen molar-refractivity contribution in [2.24, 2.45) is 5.92 Å². The van der Waals surface area contributed by atoms with E-state index < -0.39 is 0 Å². The smallest absolute Gasteiger partial charge is 0.119 e. The minimum absolute atomic E-state index is 0.0852. The number of aromatic hydroxyl groups is 2. The van der Waals surface area contributed by atoms with Crippen LogP contribution < -0.4 is 0 Å². The molecule has 0 bridgehead atoms. The Kier molecular flexibility index (Phi) is 3.88. The molecule has 0 saturated heterocycles. The van der Waals surface area contributed by atoms with Gasteiger partial charge in [-0.05, 0) is 36.5 Å². The minimum Gasteiger partial charge on any atom is -0.508 e. The number of hydrogen-bond acceptors (Lipinski definition) is 2. The van der Waals surface area contributed by atoms with E-state index in [1.165, 1.54) is 11.6 Å². The molecule has 2 N–H and O–H groups in total. The lowest BCUT2D eigenvalue weighted by atomic mass is 9.95. The summed E-state index contributed by atoms with van der Waals surface area (Å²) in [5.41, 5.74) is 2.20. The van der Waals surface area contributed by atoms with Crippen molar-refractivity contribution in [2.75, 3.05) is 0 Å². The van der Waals surface area contributed by atoms with Gasteiger partial charge in [0.15, 0.2) is 0 Å². The van der Waals surface area contributed by atoms with E-state index in [0.717, 1.165) is 18.4 Å². The van der Waals surface area contributed by atoms with Gasteiger partial charge in [-0.15, -0.1) is 0 Å². The van der Waals surface area contributed by atoms with E-state index in [1.54, 1.807) is 12.1 Å². The van der Waals surface area contributed by atoms with E-state index >= 15 is 0 Å². The lowest BCUT2D eigenvalue weighted by molar-refractivity contribution is 0.450. The molecule has 1 aromatic rings. The highest BCUT2D eigenvalue weighted by molar-refractivity contribution is 5.55. The zero-order valence-corrected chi connectivity index (χ0v) is 10.5. The highest BCUT2D eigenvalue weighted by Gasteiger charge is 2.04. The van der Waals surface area contributed by atoms with Crippen molar-refractivity contribution in [3.63, 3.8) is 0 Å². The number of rotatable bonds is 3. The van der Waals surface area contributed by atoms with Crippen LogP contribution in [-0.2, 0) is 0 Å². The van der Waals surface area contributed by atoms with Gasteiger partial charge < -0.3 is 10.2 Å². The standard InChI is InChI=1S/C16H18O2/c1-2-12-3-5-13(6-4-12)7-8-14-9-15(17)11-16(18)10-14/h3-5,7-11,13,17-18H,2,6H2,1H3/b8-7+. The molecule has 0 radical (unpaired) electrons. The third kappa shape index (κ3) is 3.27. The van der Waals surface area contributed by atoms with E-state index in [0.29, 0.717) is 5.92 Å². The average Bonchev–Trinajstić information content (AvgIpc) is 2.36. The summed E-state index contributed by atoms with van der Waals surface area (Å²) < 4.78 is 0. The Labute approximate surface area is 108 Å². The summed E-state index contributed by atoms with van der Waals surface area (Å²) in [6, 6.07) is 4.60. The lowest BCUT2D eigenvalue weighted by Gasteiger charge is -2.11. The van der Waals surface area contributed by atoms with Crippen LogP contribution in [0.1, 0.15) is 25.3 Å². The first-order valence-electron chi connectivity index (χ1n) is 6.26. The van der Waals surface area contributed by atoms with E-state index in [2.05, 4.69) is 31.2 Å². The van der Waals surface area contributed by atoms with Crippen molar-refractivity contribution < 1.29 is 10.2 Å². The highest BCUT2D eigenvalue weighted by Crippen LogP contribution is 2.23. The number of benzene rings is 1. The van der Waals surface area contributed by atoms with E-state index in [9.17, 15) is 10.2 Å². The summed E-state index contributed by atoms with van der Waals surface area (Å²) in [5, 5.41) is 18.8. The van der Waals surface area contributed by atoms with Crippen LogP contribution in [0.15, 0.2) is 48.1 Å². The molecule has 18 heavy (non-hydrogen) atoms. The normalized spacial score (nSPS) is 19.2. The SMILES string of the molecule is CCC1=CCC(/C=C/c2cc(O)cc(O)c2)C=C1. The van der Waals surface area contributed by atoms with Crippen molar-refractivity contribution in [1.29, 1.82) is 0 Å². The molecule has 94 valence electrons. The monoisotopic (exact) mass is 242 g/mol. The second kappa shape index (κ2) is 5.58. The predicted octanol–water partition coefficient (Wildman–Crippen LogP) is 4.02. The van der Waals surface area contributed by atoms with Gasteiger partial charge in [0.1, 0.15) is 11.5 Å². The molecule has 0 amide bonds. The Balaban J connectivity index is 2.04. The topological polar surface area (TPSA) is 40.5 Å². The molecule has 1 unspecified atom stereocenters. The molecule has 0 aromatic heterocycles. The molecule has 0 aliphatic heterocycles. The number of phenols is 2. The number of hydrogen-bond donors (Lipinski definition) is 2. The van der Waals surface area contributed by atoms with E-state index in [-0.39, 0.29) is 11.5 Å². The molecule has 0 saturated carbocycles. The molecule has 1 aliphatic rings. The van der Waals surface area contributed by atoms with Gasteiger partial charge in [-0.25, -0.2) is 0 Å². The summed E-state index contributed by atoms with van der Waals surface area (Å²) in [6.07, 6.45) is 12.7. The fourth-order valence-corrected chi connectivity index (χ4v) is 2.04. The second-order valence-corrected chi connectivity index (χ2v) is 4.53. The summed E-state index contributed by atoms with van der Waals surface area (Å²) in [5.74, 6) is 0.564. The van der Waals surface area contributed by atoms with Gasteiger partial charge in [0.2, 0.25) is 0 Å². The van der Waals surface area contributed by atoms with Gasteiger partial charge in [-0.1, -0.05) is 42.9 Å². The molecule has 0 heterocycles. The van der Waals surface area contributed by atoms with Crippen LogP contribution in [-0.4, -0.2) is 10.2 Å². The van der Waals surface area contributed by atoms with Crippen molar-refractivity contribution >= 4 is 6.08 Å². The van der Waals surface area contributed by atoms with Gasteiger partial charge in [0, 0.05) is 6.07 Å². The van der Waals surface area contributed by atoms with Crippen molar-refractivity contribution in [3.05, 3.63) is 53.6 Å². The highest BCUT2D eigenvalue weighted by atomic mass is 16.3. The summed E-state index contributed by atoms with van der Waals surface area (Å²) in [7, 11) is 0. The predicted molar refractivity (Wildman–Crippen MR) is 74.4 cm³/mol. The molecule has 0 spiro atoms. The van der Waals surface area contributed by atoms with Gasteiger partial charge in [-0.2, -0.15) is 0 Å². The van der Waals surface area contributed by atoms with Crippen LogP contribution in [0.25, 0.3) is 6.08 Å². The van der Waals surface area contributed by atoms with Crippen molar-refractivity contribution in [1.82, 2.24) is 0 Å². The molecule has 2 nitrogen and oxygen atoms in total. The van der Waals surface area contributed by atoms with Crippen LogP contribution in [0.4, 0.5) is 0 Å². The zero-order chi connectivity index (χ0) is 13.0. The average molecular weight is 242 g/mol. The quantitative estimate of drug-likeness (QED) is 0.840. The number of phenolic OH excluding ortho intramolecular Hbond substituents is 2. The Morgan fingerprint density at radius 1 is 1.22 bits per heavy atom. The van der Waals surface area contributed by atoms with Gasteiger partial charge in [0.05, 0.1) is 0 Å². The van der Waals surface area contributed by atoms with Crippen molar-refractivity contribution in [2.45, 2.75) is 19.8 Å². The third-order valence-electron chi connectivity index (χ3n) is 3.08. The van der Waals surface area contributed by atoms with Gasteiger partial charge >= 0.3 is 0 Å². The molecule has 2 rings (SSSR count). The molecule has 1 aromatic carbocycles. The first-order chi connectivity index (χ1) is 8.67. The fourth-order valence-electron chi connectivity index (χ4n) is 2.04. The van der Waals surface area contributed by atoms with E-state index in [1.807, 2.05) is 6.08 Å². The first-order valence-corrected chi connectivity index (χ1v) is 6.26. The van der Waals surface area contributed by atoms with Gasteiger partial charge in [0.25, 0.3) is 0 Å². The zero-order valence-electron chi connectivity index (χ0n) is 10.5. The lowest BCUT2D eigenvalue weighted by Crippen LogP contribution is -1.95. The fraction of sp³-hybridized carbons (Fsp3) is 0.250. The molecular formula is C16H18O2. The molecular weight excluding hydrogens is 224 g/mol. The largest absolute Gasteiger partial charge is 0.508 e. The second-order valence-electron chi connectivity index (χ2n) is 4.53. The maximum atomic E-state index is 9.38. The molecule has 0 fully saturated rings. The summed E-state index contributed by atoms with van der Waals surface area (Å²) in [4.78, 5) is 0. The summed E-state index contributed by atoms with van der Waals surface area (Å²) >= 11 is 0. The van der Waals surface area contributed by atoms with Crippen molar-refractivity contribution in [3.8, 4) is 11.5 Å². The van der Waals surface area contributed by atoms with E-state index in [4.69, 9.17) is 0 Å². The molecule has 1 aliphatic carbocycles. The van der Waals surface area contributed by atoms with Crippen LogP contribution in [0.5, 0.6) is 11.5 Å². The molecule has 1 atom stereocenters. The third-order valence-corrected chi connectivity index (χ3v) is 3.08. The Morgan fingerprint density at radius 2 is 1.94 bits per heavy atom. The Morgan fingerprint density at radius 3 is 2.50 bits per heavy atom. The van der Waals surface area contributed by atoms with Gasteiger partial charge in [-0.3, -0.25) is 0 Å². The van der Waals surface area contributed by atoms with Crippen LogP contribution in [0.3, 0.4) is 0 Å². The number of allylic oxidation sites excluding steroid dienone is 5. The van der Waals surface area contributed by atoms with Crippen LogP contribution >= 0.6 is 0 Å². The Bertz CT molecular complexity index is 490. The van der Waals surface area contributed by atoms with Crippen LogP contribution in [0, 0.1) is 5.92 Å². The molecule has 2 heteroatoms. The maximum Gasteiger partial charge on any atom is 0.119 e.